The summed E-state index contributed by atoms with van der Waals surface area (Å²) in [6, 6.07) is 5.58. The molecule has 1 fully saturated rings. The molecule has 2 heterocycles. The van der Waals surface area contributed by atoms with Gasteiger partial charge in [0.15, 0.2) is 5.75 Å². The van der Waals surface area contributed by atoms with Crippen LogP contribution in [0.1, 0.15) is 25.3 Å². The van der Waals surface area contributed by atoms with Crippen molar-refractivity contribution in [2.75, 3.05) is 37.7 Å². The molecular weight excluding hydrogens is 336 g/mol. The molecule has 1 amide bonds. The van der Waals surface area contributed by atoms with E-state index in [0.29, 0.717) is 25.4 Å². The fraction of sp³-hybridized carbons (Fsp3) is 0.526. The maximum atomic E-state index is 12.8. The Hall–Kier alpha value is -2.57. The van der Waals surface area contributed by atoms with Gasteiger partial charge in [-0.2, -0.15) is 0 Å². The topological polar surface area (TPSA) is 76.2 Å². The van der Waals surface area contributed by atoms with Crippen LogP contribution in [0.25, 0.3) is 0 Å². The maximum absolute atomic E-state index is 12.8. The third-order valence-corrected chi connectivity index (χ3v) is 4.72. The second-order valence-electron chi connectivity index (χ2n) is 6.73. The Morgan fingerprint density at radius 2 is 2.15 bits per heavy atom. The number of fused-ring (bicyclic) bond motifs is 1. The van der Waals surface area contributed by atoms with Gasteiger partial charge < -0.3 is 19.3 Å². The van der Waals surface area contributed by atoms with Gasteiger partial charge in [0.25, 0.3) is 0 Å². The third kappa shape index (κ3) is 3.98. The van der Waals surface area contributed by atoms with Crippen molar-refractivity contribution in [1.29, 1.82) is 0 Å². The minimum Gasteiger partial charge on any atom is -0.466 e. The lowest BCUT2D eigenvalue weighted by Gasteiger charge is -2.35. The first-order valence-corrected chi connectivity index (χ1v) is 8.98. The molecule has 26 heavy (non-hydrogen) atoms. The number of anilines is 1. The van der Waals surface area contributed by atoms with Gasteiger partial charge in [0.05, 0.1) is 24.8 Å². The number of rotatable bonds is 4. The van der Waals surface area contributed by atoms with Gasteiger partial charge in [-0.05, 0) is 44.4 Å². The van der Waals surface area contributed by atoms with Crippen LogP contribution in [0.15, 0.2) is 18.2 Å². The molecule has 0 saturated carbocycles. The monoisotopic (exact) mass is 360 g/mol. The molecular formula is C19H24N2O5. The van der Waals surface area contributed by atoms with E-state index in [-0.39, 0.29) is 36.9 Å². The minimum atomic E-state index is -0.376. The highest BCUT2D eigenvalue weighted by Gasteiger charge is 2.32. The molecule has 1 unspecified atom stereocenters. The van der Waals surface area contributed by atoms with Crippen molar-refractivity contribution in [2.45, 2.75) is 26.7 Å². The van der Waals surface area contributed by atoms with E-state index < -0.39 is 0 Å². The predicted molar refractivity (Wildman–Crippen MR) is 95.0 cm³/mol. The fourth-order valence-electron chi connectivity index (χ4n) is 3.42. The van der Waals surface area contributed by atoms with Gasteiger partial charge in [0.2, 0.25) is 5.91 Å². The number of esters is 2. The van der Waals surface area contributed by atoms with Gasteiger partial charge in [-0.3, -0.25) is 9.59 Å². The molecule has 1 aromatic rings. The molecule has 1 aromatic carbocycles. The molecule has 0 N–H and O–H groups in total. The lowest BCUT2D eigenvalue weighted by Crippen LogP contribution is -2.48. The van der Waals surface area contributed by atoms with Crippen LogP contribution in [0.4, 0.5) is 5.69 Å². The Balaban J connectivity index is 1.68. The summed E-state index contributed by atoms with van der Waals surface area (Å²) < 4.78 is 10.4. The molecule has 2 aliphatic heterocycles. The van der Waals surface area contributed by atoms with Crippen LogP contribution in [0.3, 0.4) is 0 Å². The molecule has 1 atom stereocenters. The highest BCUT2D eigenvalue weighted by Crippen LogP contribution is 2.32. The molecule has 0 aromatic heterocycles. The van der Waals surface area contributed by atoms with Crippen LogP contribution in [-0.2, 0) is 19.1 Å². The molecule has 0 aliphatic carbocycles. The molecule has 140 valence electrons. The van der Waals surface area contributed by atoms with E-state index in [1.54, 1.807) is 22.8 Å². The number of carbonyl (C=O) groups excluding carboxylic acids is 3. The Morgan fingerprint density at radius 1 is 1.35 bits per heavy atom. The average molecular weight is 360 g/mol. The number of likely N-dealkylation sites (tertiary alicyclic amines) is 1. The number of carbonyl (C=O) groups is 3. The van der Waals surface area contributed by atoms with E-state index in [1.807, 2.05) is 19.1 Å². The summed E-state index contributed by atoms with van der Waals surface area (Å²) in [5.74, 6) is -0.502. The molecule has 7 heteroatoms. The average Bonchev–Trinajstić information content (AvgIpc) is 2.61. The Morgan fingerprint density at radius 3 is 2.92 bits per heavy atom. The number of nitrogens with zero attached hydrogens (tertiary/aromatic N) is 2. The Kier molecular flexibility index (Phi) is 5.44. The SMILES string of the molecule is CCOC(=O)C1CCCN(C(=O)CN2CC(=O)Oc3cc(C)ccc32)C1. The van der Waals surface area contributed by atoms with E-state index in [4.69, 9.17) is 9.47 Å². The van der Waals surface area contributed by atoms with E-state index in [1.165, 1.54) is 0 Å². The first kappa shape index (κ1) is 18.2. The van der Waals surface area contributed by atoms with E-state index in [2.05, 4.69) is 0 Å². The number of ether oxygens (including phenoxy) is 2. The van der Waals surface area contributed by atoms with Crippen molar-refractivity contribution in [1.82, 2.24) is 4.90 Å². The van der Waals surface area contributed by atoms with Crippen molar-refractivity contribution in [3.63, 3.8) is 0 Å². The van der Waals surface area contributed by atoms with Crippen molar-refractivity contribution in [3.05, 3.63) is 23.8 Å². The number of piperidine rings is 1. The van der Waals surface area contributed by atoms with Crippen LogP contribution in [0.5, 0.6) is 5.75 Å². The summed E-state index contributed by atoms with van der Waals surface area (Å²) in [4.78, 5) is 40.0. The van der Waals surface area contributed by atoms with Crippen molar-refractivity contribution in [3.8, 4) is 5.75 Å². The van der Waals surface area contributed by atoms with E-state index >= 15 is 0 Å². The predicted octanol–water partition coefficient (Wildman–Crippen LogP) is 1.52. The summed E-state index contributed by atoms with van der Waals surface area (Å²) in [6.07, 6.45) is 1.51. The Labute approximate surface area is 152 Å². The summed E-state index contributed by atoms with van der Waals surface area (Å²) >= 11 is 0. The zero-order valence-electron chi connectivity index (χ0n) is 15.2. The van der Waals surface area contributed by atoms with Gasteiger partial charge in [-0.1, -0.05) is 6.07 Å². The second kappa shape index (κ2) is 7.76. The van der Waals surface area contributed by atoms with Crippen LogP contribution in [0.2, 0.25) is 0 Å². The highest BCUT2D eigenvalue weighted by atomic mass is 16.5. The lowest BCUT2D eigenvalue weighted by molar-refractivity contribution is -0.151. The van der Waals surface area contributed by atoms with Crippen LogP contribution in [0, 0.1) is 12.8 Å². The number of amides is 1. The van der Waals surface area contributed by atoms with Crippen LogP contribution >= 0.6 is 0 Å². The van der Waals surface area contributed by atoms with Crippen molar-refractivity contribution < 1.29 is 23.9 Å². The largest absolute Gasteiger partial charge is 0.466 e. The summed E-state index contributed by atoms with van der Waals surface area (Å²) in [6.45, 7) is 5.15. The normalized spacial score (nSPS) is 19.6. The standard InChI is InChI=1S/C19H24N2O5/c1-3-25-19(24)14-5-4-8-20(10-14)17(22)11-21-12-18(23)26-16-9-13(2)6-7-15(16)21/h6-7,9,14H,3-5,8,10-12H2,1-2H3. The zero-order chi connectivity index (χ0) is 18.7. The van der Waals surface area contributed by atoms with Crippen LogP contribution in [-0.4, -0.2) is 55.5 Å². The third-order valence-electron chi connectivity index (χ3n) is 4.72. The van der Waals surface area contributed by atoms with Gasteiger partial charge >= 0.3 is 11.9 Å². The molecule has 2 aliphatic rings. The first-order valence-electron chi connectivity index (χ1n) is 8.98. The first-order chi connectivity index (χ1) is 12.5. The maximum Gasteiger partial charge on any atom is 0.331 e. The van der Waals surface area contributed by atoms with Gasteiger partial charge in [-0.15, -0.1) is 0 Å². The minimum absolute atomic E-state index is 0.0386. The molecule has 0 bridgehead atoms. The zero-order valence-corrected chi connectivity index (χ0v) is 15.2. The number of hydrogen-bond acceptors (Lipinski definition) is 6. The van der Waals surface area contributed by atoms with Gasteiger partial charge in [-0.25, -0.2) is 4.79 Å². The second-order valence-corrected chi connectivity index (χ2v) is 6.73. The fourth-order valence-corrected chi connectivity index (χ4v) is 3.42. The Bertz CT molecular complexity index is 718. The van der Waals surface area contributed by atoms with Gasteiger partial charge in [0.1, 0.15) is 6.54 Å². The number of aryl methyl sites for hydroxylation is 1. The lowest BCUT2D eigenvalue weighted by atomic mass is 9.98. The smallest absolute Gasteiger partial charge is 0.331 e. The molecule has 0 radical (unpaired) electrons. The number of hydrogen-bond donors (Lipinski definition) is 0. The van der Waals surface area contributed by atoms with Crippen molar-refractivity contribution >= 4 is 23.5 Å². The van der Waals surface area contributed by atoms with E-state index in [0.717, 1.165) is 24.1 Å². The van der Waals surface area contributed by atoms with Crippen LogP contribution < -0.4 is 9.64 Å². The van der Waals surface area contributed by atoms with E-state index in [9.17, 15) is 14.4 Å². The summed E-state index contributed by atoms with van der Waals surface area (Å²) in [5, 5.41) is 0. The highest BCUT2D eigenvalue weighted by molar-refractivity contribution is 5.89. The summed E-state index contributed by atoms with van der Waals surface area (Å²) in [7, 11) is 0. The molecule has 0 spiro atoms. The molecule has 1 saturated heterocycles. The molecule has 3 rings (SSSR count). The summed E-state index contributed by atoms with van der Waals surface area (Å²) in [5.41, 5.74) is 1.72. The molecule has 7 nitrogen and oxygen atoms in total. The van der Waals surface area contributed by atoms with Crippen molar-refractivity contribution in [2.24, 2.45) is 5.92 Å². The number of benzene rings is 1. The quantitative estimate of drug-likeness (QED) is 0.599. The van der Waals surface area contributed by atoms with Gasteiger partial charge in [0, 0.05) is 13.1 Å².